The van der Waals surface area contributed by atoms with Gasteiger partial charge in [-0.1, -0.05) is 0 Å². The van der Waals surface area contributed by atoms with Crippen molar-refractivity contribution in [1.82, 2.24) is 4.98 Å². The normalized spacial score (nSPS) is 20.8. The van der Waals surface area contributed by atoms with Crippen LogP contribution in [-0.2, 0) is 0 Å². The van der Waals surface area contributed by atoms with Crippen LogP contribution in [0.3, 0.4) is 0 Å². The number of halogens is 4. The number of amidine groups is 1. The van der Waals surface area contributed by atoms with Crippen molar-refractivity contribution in [2.45, 2.75) is 24.6 Å². The van der Waals surface area contributed by atoms with Crippen molar-refractivity contribution in [2.75, 3.05) is 5.32 Å². The first-order valence-corrected chi connectivity index (χ1v) is 8.03. The van der Waals surface area contributed by atoms with E-state index >= 15 is 0 Å². The molecule has 3 N–H and O–H groups in total. The number of benzene rings is 1. The van der Waals surface area contributed by atoms with Gasteiger partial charge in [-0.25, -0.2) is 22.5 Å². The molecule has 2 aromatic rings. The Bertz CT molecular complexity index is 984. The molecule has 0 spiro atoms. The smallest absolute Gasteiger partial charge is 0.277 e. The van der Waals surface area contributed by atoms with Gasteiger partial charge in [0.05, 0.1) is 12.0 Å². The third-order valence-electron chi connectivity index (χ3n) is 4.12. The molecule has 1 aliphatic rings. The molecule has 1 aliphatic heterocycles. The Labute approximate surface area is 156 Å². The van der Waals surface area contributed by atoms with E-state index in [1.165, 1.54) is 24.4 Å². The number of hydrogen-bond donors (Lipinski definition) is 2. The Balaban J connectivity index is 1.89. The maximum Gasteiger partial charge on any atom is 0.277 e. The molecule has 0 aliphatic carbocycles. The fourth-order valence-electron chi connectivity index (χ4n) is 2.70. The van der Waals surface area contributed by atoms with E-state index in [4.69, 9.17) is 11.0 Å². The van der Waals surface area contributed by atoms with Crippen molar-refractivity contribution in [1.29, 1.82) is 5.26 Å². The molecule has 1 amide bonds. The Kier molecular flexibility index (Phi) is 5.00. The predicted molar refractivity (Wildman–Crippen MR) is 92.1 cm³/mol. The number of rotatable bonds is 3. The van der Waals surface area contributed by atoms with Gasteiger partial charge in [0.1, 0.15) is 29.5 Å². The molecular weight excluding hydrogens is 378 g/mol. The van der Waals surface area contributed by atoms with Crippen molar-refractivity contribution in [3.8, 4) is 6.07 Å². The third-order valence-corrected chi connectivity index (χ3v) is 4.12. The Morgan fingerprint density at radius 1 is 1.32 bits per heavy atom. The zero-order chi connectivity index (χ0) is 20.5. The lowest BCUT2D eigenvalue weighted by Gasteiger charge is -2.30. The molecule has 3 rings (SSSR count). The third kappa shape index (κ3) is 3.78. The molecule has 0 saturated heterocycles. The average molecular weight is 391 g/mol. The first kappa shape index (κ1) is 19.3. The highest BCUT2D eigenvalue weighted by Gasteiger charge is 2.48. The average Bonchev–Trinajstić information content (AvgIpc) is 2.66. The monoisotopic (exact) mass is 391 g/mol. The maximum atomic E-state index is 14.2. The fraction of sp³-hybridized carbons (Fsp3) is 0.222. The summed E-state index contributed by atoms with van der Waals surface area (Å²) in [5, 5.41) is 11.1. The molecule has 0 radical (unpaired) electrons. The lowest BCUT2D eigenvalue weighted by atomic mass is 9.93. The van der Waals surface area contributed by atoms with Gasteiger partial charge >= 0.3 is 0 Å². The molecule has 6 nitrogen and oxygen atoms in total. The standard InChI is InChI=1S/C18H13F4N5O/c19-12-3-2-10(26-17(28)14-4-1-9(7-23)8-25-14)5-11(12)15-18(21,22)6-13(20)16(24)27-15/h1-5,8,13,15H,6H2,(H2,24,27)(H,26,28). The van der Waals surface area contributed by atoms with E-state index in [0.717, 1.165) is 12.1 Å². The van der Waals surface area contributed by atoms with Gasteiger partial charge in [-0.05, 0) is 30.3 Å². The summed E-state index contributed by atoms with van der Waals surface area (Å²) in [7, 11) is 0. The molecule has 2 unspecified atom stereocenters. The van der Waals surface area contributed by atoms with Gasteiger partial charge in [-0.2, -0.15) is 5.26 Å². The predicted octanol–water partition coefficient (Wildman–Crippen LogP) is 3.12. The first-order valence-electron chi connectivity index (χ1n) is 8.03. The summed E-state index contributed by atoms with van der Waals surface area (Å²) < 4.78 is 56.0. The van der Waals surface area contributed by atoms with E-state index < -0.39 is 47.7 Å². The molecule has 0 bridgehead atoms. The Morgan fingerprint density at radius 2 is 2.07 bits per heavy atom. The Hall–Kier alpha value is -3.48. The van der Waals surface area contributed by atoms with Gasteiger partial charge in [-0.3, -0.25) is 9.79 Å². The molecule has 28 heavy (non-hydrogen) atoms. The van der Waals surface area contributed by atoms with E-state index in [9.17, 15) is 22.4 Å². The van der Waals surface area contributed by atoms with Gasteiger partial charge in [0.2, 0.25) is 0 Å². The number of nitrogens with one attached hydrogen (secondary N) is 1. The molecule has 10 heteroatoms. The van der Waals surface area contributed by atoms with Crippen molar-refractivity contribution >= 4 is 17.4 Å². The highest BCUT2D eigenvalue weighted by Crippen LogP contribution is 2.43. The summed E-state index contributed by atoms with van der Waals surface area (Å²) in [6.45, 7) is 0. The highest BCUT2D eigenvalue weighted by molar-refractivity contribution is 6.02. The zero-order valence-electron chi connectivity index (χ0n) is 14.2. The molecule has 0 fully saturated rings. The minimum absolute atomic E-state index is 0.0134. The minimum atomic E-state index is -3.65. The molecule has 2 atom stereocenters. The molecule has 0 saturated carbocycles. The second-order valence-electron chi connectivity index (χ2n) is 6.12. The van der Waals surface area contributed by atoms with Gasteiger partial charge in [0.25, 0.3) is 11.8 Å². The lowest BCUT2D eigenvalue weighted by Crippen LogP contribution is -2.41. The topological polar surface area (TPSA) is 104 Å². The van der Waals surface area contributed by atoms with E-state index in [1.54, 1.807) is 0 Å². The molecule has 1 aromatic carbocycles. The van der Waals surface area contributed by atoms with Crippen LogP contribution in [0, 0.1) is 17.1 Å². The number of carbonyl (C=O) groups excluding carboxylic acids is 1. The van der Waals surface area contributed by atoms with E-state index in [0.29, 0.717) is 0 Å². The van der Waals surface area contributed by atoms with E-state index in [-0.39, 0.29) is 16.9 Å². The van der Waals surface area contributed by atoms with E-state index in [2.05, 4.69) is 15.3 Å². The highest BCUT2D eigenvalue weighted by atomic mass is 19.3. The summed E-state index contributed by atoms with van der Waals surface area (Å²) >= 11 is 0. The Morgan fingerprint density at radius 3 is 2.71 bits per heavy atom. The van der Waals surface area contributed by atoms with Crippen LogP contribution in [0.1, 0.15) is 34.1 Å². The number of pyridine rings is 1. The number of nitrogens with two attached hydrogens (primary N) is 1. The quantitative estimate of drug-likeness (QED) is 0.785. The summed E-state index contributed by atoms with van der Waals surface area (Å²) in [5.74, 6) is -5.97. The van der Waals surface area contributed by atoms with Crippen molar-refractivity contribution in [3.05, 3.63) is 59.2 Å². The van der Waals surface area contributed by atoms with Crippen molar-refractivity contribution < 1.29 is 22.4 Å². The van der Waals surface area contributed by atoms with Crippen LogP contribution in [0.2, 0.25) is 0 Å². The summed E-state index contributed by atoms with van der Waals surface area (Å²) in [5.41, 5.74) is 5.02. The van der Waals surface area contributed by atoms with Crippen LogP contribution in [0.15, 0.2) is 41.5 Å². The van der Waals surface area contributed by atoms with Crippen LogP contribution in [-0.4, -0.2) is 28.8 Å². The van der Waals surface area contributed by atoms with Gasteiger partial charge < -0.3 is 11.1 Å². The van der Waals surface area contributed by atoms with E-state index in [1.807, 2.05) is 6.07 Å². The first-order chi connectivity index (χ1) is 13.2. The number of nitriles is 1. The fourth-order valence-corrected chi connectivity index (χ4v) is 2.70. The number of aliphatic imine (C=N–C) groups is 1. The summed E-state index contributed by atoms with van der Waals surface area (Å²) in [6.07, 6.45) is -2.13. The molecule has 2 heterocycles. The number of nitrogens with zero attached hydrogens (tertiary/aromatic N) is 3. The van der Waals surface area contributed by atoms with Gasteiger partial charge in [-0.15, -0.1) is 0 Å². The van der Waals surface area contributed by atoms with Crippen molar-refractivity contribution in [3.63, 3.8) is 0 Å². The summed E-state index contributed by atoms with van der Waals surface area (Å²) in [6, 6.07) is 5.58. The summed E-state index contributed by atoms with van der Waals surface area (Å²) in [4.78, 5) is 19.4. The zero-order valence-corrected chi connectivity index (χ0v) is 14.2. The number of amides is 1. The molecule has 1 aromatic heterocycles. The number of carbonyl (C=O) groups is 1. The number of anilines is 1. The van der Waals surface area contributed by atoms with Crippen LogP contribution in [0.4, 0.5) is 23.2 Å². The lowest BCUT2D eigenvalue weighted by molar-refractivity contribution is -0.0511. The largest absolute Gasteiger partial charge is 0.385 e. The molecule has 144 valence electrons. The van der Waals surface area contributed by atoms with Crippen LogP contribution in [0.25, 0.3) is 0 Å². The van der Waals surface area contributed by atoms with Crippen molar-refractivity contribution in [2.24, 2.45) is 10.7 Å². The number of alkyl halides is 3. The van der Waals surface area contributed by atoms with Crippen LogP contribution < -0.4 is 11.1 Å². The second kappa shape index (κ2) is 7.26. The van der Waals surface area contributed by atoms with Crippen LogP contribution >= 0.6 is 0 Å². The number of aromatic nitrogens is 1. The minimum Gasteiger partial charge on any atom is -0.385 e. The van der Waals surface area contributed by atoms with Gasteiger partial charge in [0, 0.05) is 17.4 Å². The second-order valence-corrected chi connectivity index (χ2v) is 6.12. The molecular formula is C18H13F4N5O. The SMILES string of the molecule is N#Cc1ccc(C(=O)Nc2ccc(F)c(C3N=C(N)C(F)CC3(F)F)c2)nc1. The number of hydrogen-bond acceptors (Lipinski definition) is 5. The maximum absolute atomic E-state index is 14.2. The van der Waals surface area contributed by atoms with Crippen LogP contribution in [0.5, 0.6) is 0 Å². The van der Waals surface area contributed by atoms with Gasteiger partial charge in [0.15, 0.2) is 6.17 Å².